The molecule has 0 saturated carbocycles. The summed E-state index contributed by atoms with van der Waals surface area (Å²) in [5.74, 6) is -0.212. The molecule has 0 atom stereocenters. The predicted octanol–water partition coefficient (Wildman–Crippen LogP) is 1.24. The Balaban J connectivity index is 2.88. The molecule has 18 heavy (non-hydrogen) atoms. The number of hydrogen-bond acceptors (Lipinski definition) is 5. The number of carbonyl (C=O) groups excluding carboxylic acids is 2. The van der Waals surface area contributed by atoms with E-state index in [1.165, 1.54) is 23.8 Å². The van der Waals surface area contributed by atoms with Gasteiger partial charge in [0.1, 0.15) is 0 Å². The minimum absolute atomic E-state index is 0.0207. The number of nitrogens with two attached hydrogens (primary N) is 1. The minimum Gasteiger partial charge on any atom is -0.465 e. The number of methoxy groups -OCH3 is 1. The highest BCUT2D eigenvalue weighted by Crippen LogP contribution is 2.25. The molecule has 0 fully saturated rings. The summed E-state index contributed by atoms with van der Waals surface area (Å²) in [6.45, 7) is 0. The fourth-order valence-corrected chi connectivity index (χ4v) is 2.21. The van der Waals surface area contributed by atoms with Crippen molar-refractivity contribution in [1.82, 2.24) is 4.90 Å². The molecular weight excluding hydrogens is 252 g/mol. The second kappa shape index (κ2) is 6.30. The second-order valence-electron chi connectivity index (χ2n) is 3.82. The molecule has 0 unspecified atom stereocenters. The van der Waals surface area contributed by atoms with Crippen LogP contribution >= 0.6 is 11.8 Å². The van der Waals surface area contributed by atoms with E-state index in [4.69, 9.17) is 5.73 Å². The average Bonchev–Trinajstić information content (AvgIpc) is 2.35. The quantitative estimate of drug-likeness (QED) is 0.505. The normalized spacial score (nSPS) is 9.94. The van der Waals surface area contributed by atoms with Gasteiger partial charge in [-0.05, 0) is 18.2 Å². The van der Waals surface area contributed by atoms with Crippen molar-refractivity contribution in [2.75, 3.05) is 32.7 Å². The number of nitrogens with zero attached hydrogens (tertiary/aromatic N) is 1. The molecule has 98 valence electrons. The smallest absolute Gasteiger partial charge is 0.339 e. The van der Waals surface area contributed by atoms with Gasteiger partial charge in [-0.1, -0.05) is 0 Å². The van der Waals surface area contributed by atoms with Crippen LogP contribution in [0.2, 0.25) is 0 Å². The van der Waals surface area contributed by atoms with Gasteiger partial charge >= 0.3 is 5.97 Å². The Labute approximate surface area is 110 Å². The Bertz CT molecular complexity index is 461. The van der Waals surface area contributed by atoms with Crippen molar-refractivity contribution in [3.8, 4) is 0 Å². The van der Waals surface area contributed by atoms with E-state index in [1.807, 2.05) is 0 Å². The topological polar surface area (TPSA) is 72.6 Å². The van der Waals surface area contributed by atoms with Crippen LogP contribution < -0.4 is 5.73 Å². The average molecular weight is 268 g/mol. The Morgan fingerprint density at radius 2 is 2.06 bits per heavy atom. The summed E-state index contributed by atoms with van der Waals surface area (Å²) >= 11 is 1.29. The molecule has 0 bridgehead atoms. The SMILES string of the molecule is COC(=O)c1cc(N)ccc1SCC(=O)N(C)C. The molecule has 0 saturated heterocycles. The number of benzene rings is 1. The van der Waals surface area contributed by atoms with Crippen molar-refractivity contribution < 1.29 is 14.3 Å². The molecule has 0 aromatic heterocycles. The van der Waals surface area contributed by atoms with Gasteiger partial charge in [-0.25, -0.2) is 4.79 Å². The van der Waals surface area contributed by atoms with Crippen LogP contribution in [0.1, 0.15) is 10.4 Å². The largest absolute Gasteiger partial charge is 0.465 e. The van der Waals surface area contributed by atoms with Crippen LogP contribution in [0.15, 0.2) is 23.1 Å². The monoisotopic (exact) mass is 268 g/mol. The summed E-state index contributed by atoms with van der Waals surface area (Å²) in [4.78, 5) is 25.3. The molecule has 6 heteroatoms. The molecular formula is C12H16N2O3S. The van der Waals surface area contributed by atoms with Crippen LogP contribution in [0.3, 0.4) is 0 Å². The Morgan fingerprint density at radius 3 is 2.61 bits per heavy atom. The maximum atomic E-state index is 11.6. The number of amides is 1. The van der Waals surface area contributed by atoms with E-state index < -0.39 is 5.97 Å². The van der Waals surface area contributed by atoms with Gasteiger partial charge in [0, 0.05) is 24.7 Å². The first kappa shape index (κ1) is 14.4. The van der Waals surface area contributed by atoms with Crippen LogP contribution in [0.25, 0.3) is 0 Å². The van der Waals surface area contributed by atoms with Crippen LogP contribution in [-0.4, -0.2) is 43.7 Å². The minimum atomic E-state index is -0.456. The number of thioether (sulfide) groups is 1. The zero-order chi connectivity index (χ0) is 13.7. The molecule has 0 radical (unpaired) electrons. The summed E-state index contributed by atoms with van der Waals surface area (Å²) in [7, 11) is 4.69. The van der Waals surface area contributed by atoms with Gasteiger partial charge in [-0.3, -0.25) is 4.79 Å². The Kier molecular flexibility index (Phi) is 5.03. The lowest BCUT2D eigenvalue weighted by molar-refractivity contribution is -0.125. The molecule has 0 heterocycles. The van der Waals surface area contributed by atoms with Gasteiger partial charge in [0.05, 0.1) is 18.4 Å². The highest BCUT2D eigenvalue weighted by molar-refractivity contribution is 8.00. The third kappa shape index (κ3) is 3.66. The number of rotatable bonds is 4. The van der Waals surface area contributed by atoms with Crippen LogP contribution in [0, 0.1) is 0 Å². The lowest BCUT2D eigenvalue weighted by Crippen LogP contribution is -2.23. The highest BCUT2D eigenvalue weighted by atomic mass is 32.2. The van der Waals surface area contributed by atoms with Gasteiger partial charge in [-0.2, -0.15) is 0 Å². The number of esters is 1. The number of carbonyl (C=O) groups is 2. The first-order chi connectivity index (χ1) is 8.45. The molecule has 1 amide bonds. The zero-order valence-corrected chi connectivity index (χ0v) is 11.4. The third-order valence-electron chi connectivity index (χ3n) is 2.26. The first-order valence-electron chi connectivity index (χ1n) is 5.26. The summed E-state index contributed by atoms with van der Waals surface area (Å²) in [5.41, 5.74) is 6.50. The van der Waals surface area contributed by atoms with Crippen molar-refractivity contribution in [3.05, 3.63) is 23.8 Å². The Hall–Kier alpha value is -1.69. The molecule has 0 aliphatic rings. The first-order valence-corrected chi connectivity index (χ1v) is 6.25. The highest BCUT2D eigenvalue weighted by Gasteiger charge is 2.14. The van der Waals surface area contributed by atoms with Crippen LogP contribution in [0.4, 0.5) is 5.69 Å². The fourth-order valence-electron chi connectivity index (χ4n) is 1.21. The number of hydrogen-bond donors (Lipinski definition) is 1. The summed E-state index contributed by atoms with van der Waals surface area (Å²) in [5, 5.41) is 0. The molecule has 0 aliphatic carbocycles. The van der Waals surface area contributed by atoms with E-state index >= 15 is 0 Å². The predicted molar refractivity (Wildman–Crippen MR) is 71.6 cm³/mol. The molecule has 5 nitrogen and oxygen atoms in total. The lowest BCUT2D eigenvalue weighted by Gasteiger charge is -2.11. The van der Waals surface area contributed by atoms with Crippen LogP contribution in [-0.2, 0) is 9.53 Å². The lowest BCUT2D eigenvalue weighted by atomic mass is 10.2. The van der Waals surface area contributed by atoms with Crippen molar-refractivity contribution in [3.63, 3.8) is 0 Å². The summed E-state index contributed by atoms with van der Waals surface area (Å²) in [6, 6.07) is 4.96. The molecule has 1 rings (SSSR count). The van der Waals surface area contributed by atoms with Crippen molar-refractivity contribution in [2.24, 2.45) is 0 Å². The zero-order valence-electron chi connectivity index (χ0n) is 10.6. The maximum absolute atomic E-state index is 11.6. The van der Waals surface area contributed by atoms with E-state index in [1.54, 1.807) is 32.3 Å². The van der Waals surface area contributed by atoms with E-state index in [9.17, 15) is 9.59 Å². The second-order valence-corrected chi connectivity index (χ2v) is 4.84. The Morgan fingerprint density at radius 1 is 1.39 bits per heavy atom. The van der Waals surface area contributed by atoms with E-state index in [0.29, 0.717) is 16.1 Å². The van der Waals surface area contributed by atoms with Gasteiger partial charge in [-0.15, -0.1) is 11.8 Å². The molecule has 2 N–H and O–H groups in total. The van der Waals surface area contributed by atoms with E-state index in [-0.39, 0.29) is 11.7 Å². The summed E-state index contributed by atoms with van der Waals surface area (Å²) < 4.78 is 4.68. The molecule has 0 spiro atoms. The van der Waals surface area contributed by atoms with Gasteiger partial charge in [0.25, 0.3) is 0 Å². The molecule has 0 aliphatic heterocycles. The maximum Gasteiger partial charge on any atom is 0.339 e. The number of ether oxygens (including phenoxy) is 1. The van der Waals surface area contributed by atoms with E-state index in [0.717, 1.165) is 0 Å². The van der Waals surface area contributed by atoms with Crippen molar-refractivity contribution in [1.29, 1.82) is 0 Å². The standard InChI is InChI=1S/C12H16N2O3S/c1-14(2)11(15)7-18-10-5-4-8(13)6-9(10)12(16)17-3/h4-6H,7,13H2,1-3H3. The van der Waals surface area contributed by atoms with Crippen LogP contribution in [0.5, 0.6) is 0 Å². The fraction of sp³-hybridized carbons (Fsp3) is 0.333. The van der Waals surface area contributed by atoms with Gasteiger partial charge in [0.2, 0.25) is 5.91 Å². The number of anilines is 1. The third-order valence-corrected chi connectivity index (χ3v) is 3.32. The van der Waals surface area contributed by atoms with E-state index in [2.05, 4.69) is 4.74 Å². The van der Waals surface area contributed by atoms with Crippen molar-refractivity contribution in [2.45, 2.75) is 4.90 Å². The van der Waals surface area contributed by atoms with Crippen molar-refractivity contribution >= 4 is 29.3 Å². The van der Waals surface area contributed by atoms with Gasteiger partial charge < -0.3 is 15.4 Å². The number of nitrogen functional groups attached to an aromatic ring is 1. The molecule has 1 aromatic carbocycles. The van der Waals surface area contributed by atoms with Gasteiger partial charge in [0.15, 0.2) is 0 Å². The molecule has 1 aromatic rings. The summed E-state index contributed by atoms with van der Waals surface area (Å²) in [6.07, 6.45) is 0.